The van der Waals surface area contributed by atoms with E-state index < -0.39 is 11.5 Å². The first-order chi connectivity index (χ1) is 12.3. The molecular formula is C18H23N3O4S. The molecule has 1 fully saturated rings. The number of piperidine rings is 1. The molecule has 3 heterocycles. The molecule has 1 N–H and O–H groups in total. The Morgan fingerprint density at radius 3 is 2.58 bits per heavy atom. The quantitative estimate of drug-likeness (QED) is 0.884. The van der Waals surface area contributed by atoms with E-state index in [1.165, 1.54) is 9.95 Å². The first-order valence-electron chi connectivity index (χ1n) is 8.82. The Bertz CT molecular complexity index is 907. The average molecular weight is 377 g/mol. The summed E-state index contributed by atoms with van der Waals surface area (Å²) < 4.78 is 1.35. The minimum absolute atomic E-state index is 0.0502. The van der Waals surface area contributed by atoms with Gasteiger partial charge in [0.2, 0.25) is 5.91 Å². The van der Waals surface area contributed by atoms with Gasteiger partial charge in [0, 0.05) is 24.4 Å². The number of nitrogens with zero attached hydrogens (tertiary/aromatic N) is 3. The monoisotopic (exact) mass is 377 g/mol. The number of carboxylic acid groups (broad SMARTS) is 1. The van der Waals surface area contributed by atoms with E-state index in [0.717, 1.165) is 24.2 Å². The topological polar surface area (TPSA) is 92.5 Å². The molecule has 7 nitrogen and oxygen atoms in total. The van der Waals surface area contributed by atoms with Gasteiger partial charge in [-0.3, -0.25) is 14.2 Å². The van der Waals surface area contributed by atoms with Crippen molar-refractivity contribution in [2.24, 2.45) is 5.92 Å². The van der Waals surface area contributed by atoms with Crippen molar-refractivity contribution in [2.45, 2.75) is 46.1 Å². The van der Waals surface area contributed by atoms with E-state index in [1.807, 2.05) is 13.8 Å². The van der Waals surface area contributed by atoms with Crippen LogP contribution in [0.25, 0.3) is 10.2 Å². The highest BCUT2D eigenvalue weighted by Crippen LogP contribution is 2.24. The second-order valence-corrected chi connectivity index (χ2v) is 8.07. The summed E-state index contributed by atoms with van der Waals surface area (Å²) in [5.74, 6) is -0.212. The van der Waals surface area contributed by atoms with Gasteiger partial charge >= 0.3 is 5.97 Å². The number of fused-ring (bicyclic) bond motifs is 1. The van der Waals surface area contributed by atoms with Crippen LogP contribution in [0.5, 0.6) is 0 Å². The molecule has 0 bridgehead atoms. The third kappa shape index (κ3) is 3.38. The number of hydrogen-bond donors (Lipinski definition) is 1. The molecule has 0 saturated carbocycles. The zero-order chi connectivity index (χ0) is 19.0. The summed E-state index contributed by atoms with van der Waals surface area (Å²) in [7, 11) is 0. The summed E-state index contributed by atoms with van der Waals surface area (Å²) in [6.07, 6.45) is 1.92. The molecule has 1 saturated heterocycles. The van der Waals surface area contributed by atoms with Gasteiger partial charge in [-0.05, 0) is 18.8 Å². The van der Waals surface area contributed by atoms with Crippen LogP contribution < -0.4 is 5.56 Å². The van der Waals surface area contributed by atoms with E-state index >= 15 is 0 Å². The normalized spacial score (nSPS) is 15.8. The maximum Gasteiger partial charge on any atom is 0.337 e. The van der Waals surface area contributed by atoms with E-state index in [9.17, 15) is 19.5 Å². The third-order valence-electron chi connectivity index (χ3n) is 4.90. The van der Waals surface area contributed by atoms with Crippen LogP contribution in [-0.2, 0) is 11.3 Å². The van der Waals surface area contributed by atoms with Crippen molar-refractivity contribution in [2.75, 3.05) is 13.1 Å². The predicted molar refractivity (Wildman–Crippen MR) is 99.9 cm³/mol. The van der Waals surface area contributed by atoms with Crippen molar-refractivity contribution < 1.29 is 14.7 Å². The minimum Gasteiger partial charge on any atom is -0.478 e. The highest BCUT2D eigenvalue weighted by atomic mass is 32.1. The summed E-state index contributed by atoms with van der Waals surface area (Å²) >= 11 is 1.14. The molecule has 1 amide bonds. The van der Waals surface area contributed by atoms with E-state index in [1.54, 1.807) is 4.90 Å². The highest BCUT2D eigenvalue weighted by Gasteiger charge is 2.25. The first-order valence-corrected chi connectivity index (χ1v) is 9.70. The molecule has 0 unspecified atom stereocenters. The summed E-state index contributed by atoms with van der Waals surface area (Å²) in [5, 5.41) is 10.9. The van der Waals surface area contributed by atoms with Crippen molar-refractivity contribution in [3.8, 4) is 0 Å². The van der Waals surface area contributed by atoms with Crippen molar-refractivity contribution in [3.63, 3.8) is 0 Å². The Balaban J connectivity index is 2.03. The summed E-state index contributed by atoms with van der Waals surface area (Å²) in [5.41, 5.74) is -0.498. The van der Waals surface area contributed by atoms with E-state index in [4.69, 9.17) is 0 Å². The van der Waals surface area contributed by atoms with Crippen molar-refractivity contribution in [1.82, 2.24) is 14.5 Å². The highest BCUT2D eigenvalue weighted by molar-refractivity contribution is 7.17. The fourth-order valence-corrected chi connectivity index (χ4v) is 4.19. The van der Waals surface area contributed by atoms with Crippen LogP contribution in [0.15, 0.2) is 10.2 Å². The van der Waals surface area contributed by atoms with E-state index in [-0.39, 0.29) is 29.3 Å². The number of likely N-dealkylation sites (tertiary alicyclic amines) is 1. The number of hydrogen-bond acceptors (Lipinski definition) is 5. The lowest BCUT2D eigenvalue weighted by atomic mass is 9.99. The molecule has 1 aliphatic rings. The van der Waals surface area contributed by atoms with Crippen LogP contribution in [-0.4, -0.2) is 44.5 Å². The molecule has 26 heavy (non-hydrogen) atoms. The van der Waals surface area contributed by atoms with E-state index in [0.29, 0.717) is 29.7 Å². The average Bonchev–Trinajstić information content (AvgIpc) is 3.02. The summed E-state index contributed by atoms with van der Waals surface area (Å²) in [6, 6.07) is 0. The summed E-state index contributed by atoms with van der Waals surface area (Å²) in [4.78, 5) is 43.8. The van der Waals surface area contributed by atoms with Gasteiger partial charge in [0.15, 0.2) is 0 Å². The number of carbonyl (C=O) groups is 2. The first kappa shape index (κ1) is 18.6. The number of aromatic nitrogens is 2. The molecule has 0 atom stereocenters. The number of thiophene rings is 1. The lowest BCUT2D eigenvalue weighted by molar-refractivity contribution is -0.133. The van der Waals surface area contributed by atoms with Crippen LogP contribution in [0.2, 0.25) is 0 Å². The summed E-state index contributed by atoms with van der Waals surface area (Å²) in [6.45, 7) is 7.27. The standard InChI is InChI=1S/C18H23N3O4S/c1-10(2)15-19-16-14(12(9-26-16)18(24)25)17(23)21(15)8-13(22)20-6-4-11(3)5-7-20/h9-11H,4-8H2,1-3H3,(H,24,25). The lowest BCUT2D eigenvalue weighted by Crippen LogP contribution is -2.42. The van der Waals surface area contributed by atoms with Gasteiger partial charge in [0.25, 0.3) is 5.56 Å². The Morgan fingerprint density at radius 1 is 1.35 bits per heavy atom. The number of carboxylic acids is 1. The van der Waals surface area contributed by atoms with Gasteiger partial charge < -0.3 is 10.0 Å². The van der Waals surface area contributed by atoms with Gasteiger partial charge in [-0.15, -0.1) is 11.3 Å². The maximum absolute atomic E-state index is 13.0. The zero-order valence-electron chi connectivity index (χ0n) is 15.2. The number of amides is 1. The molecule has 2 aromatic heterocycles. The van der Waals surface area contributed by atoms with Crippen LogP contribution in [0.1, 0.15) is 55.7 Å². The zero-order valence-corrected chi connectivity index (χ0v) is 16.0. The number of aromatic carboxylic acids is 1. The van der Waals surface area contributed by atoms with Crippen molar-refractivity contribution in [3.05, 3.63) is 27.1 Å². The predicted octanol–water partition coefficient (Wildman–Crippen LogP) is 2.54. The van der Waals surface area contributed by atoms with Gasteiger partial charge in [-0.1, -0.05) is 20.8 Å². The maximum atomic E-state index is 13.0. The van der Waals surface area contributed by atoms with Crippen LogP contribution in [0, 0.1) is 5.92 Å². The van der Waals surface area contributed by atoms with Crippen LogP contribution in [0.3, 0.4) is 0 Å². The molecule has 0 spiro atoms. The van der Waals surface area contributed by atoms with Crippen LogP contribution >= 0.6 is 11.3 Å². The fourth-order valence-electron chi connectivity index (χ4n) is 3.28. The molecule has 0 aromatic carbocycles. The molecule has 2 aromatic rings. The van der Waals surface area contributed by atoms with Gasteiger partial charge in [0.1, 0.15) is 17.2 Å². The van der Waals surface area contributed by atoms with Gasteiger partial charge in [-0.2, -0.15) is 0 Å². The van der Waals surface area contributed by atoms with Crippen molar-refractivity contribution in [1.29, 1.82) is 0 Å². The Labute approximate surface area is 155 Å². The van der Waals surface area contributed by atoms with Crippen molar-refractivity contribution >= 4 is 33.4 Å². The largest absolute Gasteiger partial charge is 0.478 e. The molecule has 1 aliphatic heterocycles. The molecule has 0 aliphatic carbocycles. The molecule has 140 valence electrons. The lowest BCUT2D eigenvalue weighted by Gasteiger charge is -2.30. The van der Waals surface area contributed by atoms with E-state index in [2.05, 4.69) is 11.9 Å². The smallest absolute Gasteiger partial charge is 0.337 e. The van der Waals surface area contributed by atoms with Gasteiger partial charge in [-0.25, -0.2) is 9.78 Å². The minimum atomic E-state index is -1.16. The number of carbonyl (C=O) groups excluding carboxylic acids is 1. The van der Waals surface area contributed by atoms with Gasteiger partial charge in [0.05, 0.1) is 10.9 Å². The van der Waals surface area contributed by atoms with Crippen LogP contribution in [0.4, 0.5) is 0 Å². The Hall–Kier alpha value is -2.22. The molecular weight excluding hydrogens is 354 g/mol. The Kier molecular flexibility index (Phi) is 5.13. The number of rotatable bonds is 4. The second kappa shape index (κ2) is 7.19. The molecule has 3 rings (SSSR count). The molecule has 8 heteroatoms. The fraction of sp³-hybridized carbons (Fsp3) is 0.556. The molecule has 0 radical (unpaired) electrons. The second-order valence-electron chi connectivity index (χ2n) is 7.21. The SMILES string of the molecule is CC1CCN(C(=O)Cn2c(C(C)C)nc3scc(C(=O)O)c3c2=O)CC1. The third-order valence-corrected chi connectivity index (χ3v) is 5.77. The Morgan fingerprint density at radius 2 is 2.00 bits per heavy atom.